The summed E-state index contributed by atoms with van der Waals surface area (Å²) in [6.07, 6.45) is 4.55. The van der Waals surface area contributed by atoms with Gasteiger partial charge in [0.15, 0.2) is 0 Å². The molecule has 0 spiro atoms. The normalized spacial score (nSPS) is 23.9. The first kappa shape index (κ1) is 15.4. The molecule has 5 heteroatoms. The minimum Gasteiger partial charge on any atom is -0.379 e. The number of carbonyl (C=O) groups is 1. The number of nitrogens with two attached hydrogens (primary N) is 1. The van der Waals surface area contributed by atoms with Crippen LogP contribution in [-0.4, -0.2) is 44.9 Å². The van der Waals surface area contributed by atoms with Crippen LogP contribution in [0.2, 0.25) is 0 Å². The lowest BCUT2D eigenvalue weighted by molar-refractivity contribution is -0.127. The third-order valence-corrected chi connectivity index (χ3v) is 3.37. The maximum Gasteiger partial charge on any atom is 0.246 e. The molecule has 2 unspecified atom stereocenters. The molecular weight excluding hydrogens is 232 g/mol. The molecule has 1 fully saturated rings. The SMILES string of the molecule is CCOCCOCC(=O)NC1CCCCC1CN. The Hall–Kier alpha value is -0.650. The summed E-state index contributed by atoms with van der Waals surface area (Å²) in [7, 11) is 0. The van der Waals surface area contributed by atoms with Crippen LogP contribution in [0.5, 0.6) is 0 Å². The van der Waals surface area contributed by atoms with Gasteiger partial charge >= 0.3 is 0 Å². The topological polar surface area (TPSA) is 73.6 Å². The predicted octanol–water partition coefficient (Wildman–Crippen LogP) is 0.673. The van der Waals surface area contributed by atoms with E-state index in [9.17, 15) is 4.79 Å². The van der Waals surface area contributed by atoms with Gasteiger partial charge in [-0.25, -0.2) is 0 Å². The van der Waals surface area contributed by atoms with E-state index in [1.54, 1.807) is 0 Å². The zero-order valence-corrected chi connectivity index (χ0v) is 11.3. The largest absolute Gasteiger partial charge is 0.379 e. The molecule has 1 saturated carbocycles. The molecule has 18 heavy (non-hydrogen) atoms. The van der Waals surface area contributed by atoms with Crippen LogP contribution in [0.1, 0.15) is 32.6 Å². The van der Waals surface area contributed by atoms with Crippen molar-refractivity contribution in [2.24, 2.45) is 11.7 Å². The third kappa shape index (κ3) is 5.80. The first-order valence-corrected chi connectivity index (χ1v) is 6.92. The van der Waals surface area contributed by atoms with Crippen molar-refractivity contribution in [1.29, 1.82) is 0 Å². The summed E-state index contributed by atoms with van der Waals surface area (Å²) in [6.45, 7) is 4.38. The van der Waals surface area contributed by atoms with Gasteiger partial charge in [0.25, 0.3) is 0 Å². The second kappa shape index (κ2) is 9.30. The molecule has 0 heterocycles. The Kier molecular flexibility index (Phi) is 7.96. The fraction of sp³-hybridized carbons (Fsp3) is 0.923. The second-order valence-corrected chi connectivity index (χ2v) is 4.70. The first-order chi connectivity index (χ1) is 8.77. The zero-order chi connectivity index (χ0) is 13.2. The number of rotatable bonds is 8. The molecule has 1 rings (SSSR count). The molecule has 0 radical (unpaired) electrons. The molecule has 1 aliphatic rings. The minimum absolute atomic E-state index is 0.0446. The van der Waals surface area contributed by atoms with Crippen molar-refractivity contribution in [2.75, 3.05) is 33.0 Å². The molecule has 3 N–H and O–H groups in total. The van der Waals surface area contributed by atoms with Gasteiger partial charge in [0.05, 0.1) is 13.2 Å². The lowest BCUT2D eigenvalue weighted by atomic mass is 9.84. The Bertz CT molecular complexity index is 236. The van der Waals surface area contributed by atoms with Gasteiger partial charge in [-0.2, -0.15) is 0 Å². The molecule has 1 amide bonds. The van der Waals surface area contributed by atoms with E-state index >= 15 is 0 Å². The molecule has 106 valence electrons. The van der Waals surface area contributed by atoms with Crippen molar-refractivity contribution in [1.82, 2.24) is 5.32 Å². The number of amides is 1. The Morgan fingerprint density at radius 3 is 2.72 bits per heavy atom. The summed E-state index contributed by atoms with van der Waals surface area (Å²) in [5, 5.41) is 3.03. The summed E-state index contributed by atoms with van der Waals surface area (Å²) in [5.74, 6) is 0.378. The van der Waals surface area contributed by atoms with Gasteiger partial charge < -0.3 is 20.5 Å². The van der Waals surface area contributed by atoms with Crippen LogP contribution in [0.3, 0.4) is 0 Å². The molecule has 0 bridgehead atoms. The van der Waals surface area contributed by atoms with Crippen LogP contribution >= 0.6 is 0 Å². The Morgan fingerprint density at radius 1 is 1.28 bits per heavy atom. The molecule has 0 aromatic rings. The summed E-state index contributed by atoms with van der Waals surface area (Å²) in [4.78, 5) is 11.7. The van der Waals surface area contributed by atoms with E-state index in [1.165, 1.54) is 12.8 Å². The van der Waals surface area contributed by atoms with Gasteiger partial charge in [0.2, 0.25) is 5.91 Å². The summed E-state index contributed by atoms with van der Waals surface area (Å²) < 4.78 is 10.4. The van der Waals surface area contributed by atoms with Gasteiger partial charge in [-0.05, 0) is 32.2 Å². The highest BCUT2D eigenvalue weighted by Gasteiger charge is 2.25. The molecular formula is C13H26N2O3. The van der Waals surface area contributed by atoms with E-state index in [4.69, 9.17) is 15.2 Å². The van der Waals surface area contributed by atoms with Gasteiger partial charge in [-0.3, -0.25) is 4.79 Å². The Labute approximate surface area is 109 Å². The van der Waals surface area contributed by atoms with Crippen LogP contribution in [0.15, 0.2) is 0 Å². The monoisotopic (exact) mass is 258 g/mol. The van der Waals surface area contributed by atoms with Crippen molar-refractivity contribution in [2.45, 2.75) is 38.6 Å². The lowest BCUT2D eigenvalue weighted by Crippen LogP contribution is -2.46. The quantitative estimate of drug-likeness (QED) is 0.628. The summed E-state index contributed by atoms with van der Waals surface area (Å²) in [6, 6.07) is 0.228. The maximum atomic E-state index is 11.7. The van der Waals surface area contributed by atoms with Crippen LogP contribution in [-0.2, 0) is 14.3 Å². The lowest BCUT2D eigenvalue weighted by Gasteiger charge is -2.31. The van der Waals surface area contributed by atoms with Gasteiger partial charge in [0, 0.05) is 12.6 Å². The molecule has 0 aromatic heterocycles. The molecule has 5 nitrogen and oxygen atoms in total. The third-order valence-electron chi connectivity index (χ3n) is 3.37. The number of ether oxygens (including phenoxy) is 2. The van der Waals surface area contributed by atoms with Gasteiger partial charge in [-0.1, -0.05) is 12.8 Å². The van der Waals surface area contributed by atoms with Crippen molar-refractivity contribution in [3.05, 3.63) is 0 Å². The summed E-state index contributed by atoms with van der Waals surface area (Å²) in [5.41, 5.74) is 5.73. The average molecular weight is 258 g/mol. The van der Waals surface area contributed by atoms with Crippen molar-refractivity contribution in [3.8, 4) is 0 Å². The molecule has 2 atom stereocenters. The standard InChI is InChI=1S/C13H26N2O3/c1-2-17-7-8-18-10-13(16)15-12-6-4-3-5-11(12)9-14/h11-12H,2-10,14H2,1H3,(H,15,16). The predicted molar refractivity (Wildman–Crippen MR) is 70.3 cm³/mol. The molecule has 0 aromatic carbocycles. The second-order valence-electron chi connectivity index (χ2n) is 4.70. The molecule has 0 saturated heterocycles. The maximum absolute atomic E-state index is 11.7. The number of carbonyl (C=O) groups excluding carboxylic acids is 1. The fourth-order valence-electron chi connectivity index (χ4n) is 2.36. The number of nitrogens with one attached hydrogen (secondary N) is 1. The first-order valence-electron chi connectivity index (χ1n) is 6.92. The fourth-order valence-corrected chi connectivity index (χ4v) is 2.36. The molecule has 0 aliphatic heterocycles. The van der Waals surface area contributed by atoms with Crippen LogP contribution < -0.4 is 11.1 Å². The van der Waals surface area contributed by atoms with E-state index in [2.05, 4.69) is 5.32 Å². The van der Waals surface area contributed by atoms with Gasteiger partial charge in [-0.15, -0.1) is 0 Å². The minimum atomic E-state index is -0.0446. The zero-order valence-electron chi connectivity index (χ0n) is 11.3. The van der Waals surface area contributed by atoms with Crippen molar-refractivity contribution >= 4 is 5.91 Å². The summed E-state index contributed by atoms with van der Waals surface area (Å²) >= 11 is 0. The molecule has 1 aliphatic carbocycles. The number of hydrogen-bond acceptors (Lipinski definition) is 4. The average Bonchev–Trinajstić information content (AvgIpc) is 2.39. The highest BCUT2D eigenvalue weighted by molar-refractivity contribution is 5.77. The van der Waals surface area contributed by atoms with Crippen molar-refractivity contribution < 1.29 is 14.3 Å². The van der Waals surface area contributed by atoms with Crippen LogP contribution in [0, 0.1) is 5.92 Å². The van der Waals surface area contributed by atoms with Crippen molar-refractivity contribution in [3.63, 3.8) is 0 Å². The number of hydrogen-bond donors (Lipinski definition) is 2. The Balaban J connectivity index is 2.14. The van der Waals surface area contributed by atoms with E-state index in [1.807, 2.05) is 6.92 Å². The van der Waals surface area contributed by atoms with E-state index in [0.29, 0.717) is 32.3 Å². The van der Waals surface area contributed by atoms with E-state index in [-0.39, 0.29) is 18.6 Å². The van der Waals surface area contributed by atoms with Gasteiger partial charge in [0.1, 0.15) is 6.61 Å². The Morgan fingerprint density at radius 2 is 2.00 bits per heavy atom. The van der Waals surface area contributed by atoms with E-state index in [0.717, 1.165) is 12.8 Å². The van der Waals surface area contributed by atoms with E-state index < -0.39 is 0 Å². The smallest absolute Gasteiger partial charge is 0.246 e. The van der Waals surface area contributed by atoms with Crippen LogP contribution in [0.25, 0.3) is 0 Å². The van der Waals surface area contributed by atoms with Crippen LogP contribution in [0.4, 0.5) is 0 Å². The highest BCUT2D eigenvalue weighted by Crippen LogP contribution is 2.23. The highest BCUT2D eigenvalue weighted by atomic mass is 16.5.